The lowest BCUT2D eigenvalue weighted by Crippen LogP contribution is -2.70. The number of hydrogen-bond acceptors (Lipinski definition) is 3. The zero-order valence-corrected chi connectivity index (χ0v) is 26.1. The summed E-state index contributed by atoms with van der Waals surface area (Å²) in [6, 6.07) is 37.8. The van der Waals surface area contributed by atoms with Crippen molar-refractivity contribution >= 4 is 28.7 Å². The Kier molecular flexibility index (Phi) is 7.96. The second kappa shape index (κ2) is 11.2. The van der Waals surface area contributed by atoms with Crippen LogP contribution < -0.4 is 10.4 Å². The third kappa shape index (κ3) is 5.14. The van der Waals surface area contributed by atoms with Gasteiger partial charge in [-0.25, -0.2) is 8.42 Å². The molecule has 4 nitrogen and oxygen atoms in total. The number of rotatable bonds is 8. The smallest absolute Gasteiger partial charge is 0.264 e. The van der Waals surface area contributed by atoms with Crippen molar-refractivity contribution in [3.63, 3.8) is 0 Å². The Balaban J connectivity index is 1.84. The fourth-order valence-electron chi connectivity index (χ4n) is 6.18. The summed E-state index contributed by atoms with van der Waals surface area (Å²) in [5.74, 6) is -0.0892. The molecule has 1 saturated heterocycles. The Morgan fingerprint density at radius 2 is 1.32 bits per heavy atom. The normalized spacial score (nSPS) is 20.1. The summed E-state index contributed by atoms with van der Waals surface area (Å²) in [5.41, 5.74) is 0.579. The maximum Gasteiger partial charge on any atom is 0.264 e. The molecule has 212 valence electrons. The minimum Gasteiger partial charge on any atom is -0.385 e. The molecule has 0 aliphatic carbocycles. The maximum absolute atomic E-state index is 14.6. The van der Waals surface area contributed by atoms with Crippen LogP contribution in [-0.4, -0.2) is 27.6 Å². The fourth-order valence-corrected chi connectivity index (χ4v) is 12.7. The summed E-state index contributed by atoms with van der Waals surface area (Å²) < 4.78 is 38.7. The van der Waals surface area contributed by atoms with Crippen LogP contribution in [0.15, 0.2) is 133 Å². The summed E-state index contributed by atoms with van der Waals surface area (Å²) >= 11 is 0. The SMILES string of the molecule is C=C[C@H]1CN(S(=O)(=O)c2ccc(C)cc2)[C@@](O[Si](c2ccccc2)(c2ccccc2)C(C)(C)C)(c2ccccc2)C1. The molecule has 4 aromatic carbocycles. The molecule has 1 aliphatic rings. The van der Waals surface area contributed by atoms with Crippen LogP contribution in [-0.2, 0) is 20.2 Å². The summed E-state index contributed by atoms with van der Waals surface area (Å²) in [6.45, 7) is 13.0. The monoisotopic (exact) mass is 581 g/mol. The topological polar surface area (TPSA) is 46.6 Å². The summed E-state index contributed by atoms with van der Waals surface area (Å²) in [4.78, 5) is 0.263. The highest BCUT2D eigenvalue weighted by molar-refractivity contribution is 7.89. The predicted molar refractivity (Wildman–Crippen MR) is 170 cm³/mol. The van der Waals surface area contributed by atoms with Gasteiger partial charge in [0.05, 0.1) is 4.90 Å². The van der Waals surface area contributed by atoms with Crippen molar-refractivity contribution in [3.8, 4) is 0 Å². The largest absolute Gasteiger partial charge is 0.385 e. The first-order valence-corrected chi connectivity index (χ1v) is 17.5. The summed E-state index contributed by atoms with van der Waals surface area (Å²) in [6.07, 6.45) is 2.34. The Hall–Kier alpha value is -3.29. The van der Waals surface area contributed by atoms with Crippen molar-refractivity contribution < 1.29 is 12.8 Å². The minimum absolute atomic E-state index is 0.0892. The molecule has 0 unspecified atom stereocenters. The lowest BCUT2D eigenvalue weighted by molar-refractivity contribution is -0.0243. The molecule has 0 bridgehead atoms. The van der Waals surface area contributed by atoms with Gasteiger partial charge in [-0.05, 0) is 45.9 Å². The quantitative estimate of drug-likeness (QED) is 0.174. The molecule has 1 heterocycles. The standard InChI is InChI=1S/C35H39NO3SSi/c1-6-29-26-35(30-16-10-7-11-17-30,36(27-29)40(37,38)31-24-22-28(2)23-25-31)39-41(34(3,4)5,32-18-12-8-13-19-32)33-20-14-9-15-21-33/h6-25,29H,1,26-27H2,2-5H3/t29-,35+/m1/s1. The molecular formula is C35H39NO3SSi. The lowest BCUT2D eigenvalue weighted by atomic mass is 9.96. The molecule has 0 aromatic heterocycles. The van der Waals surface area contributed by atoms with E-state index in [1.54, 1.807) is 16.4 Å². The van der Waals surface area contributed by atoms with Crippen molar-refractivity contribution in [2.75, 3.05) is 6.54 Å². The van der Waals surface area contributed by atoms with E-state index >= 15 is 0 Å². The van der Waals surface area contributed by atoms with E-state index in [-0.39, 0.29) is 22.4 Å². The van der Waals surface area contributed by atoms with Crippen LogP contribution in [0, 0.1) is 12.8 Å². The average Bonchev–Trinajstić information content (AvgIpc) is 3.37. The fraction of sp³-hybridized carbons (Fsp3) is 0.257. The zero-order valence-electron chi connectivity index (χ0n) is 24.3. The molecule has 6 heteroatoms. The van der Waals surface area contributed by atoms with Gasteiger partial charge in [-0.15, -0.1) is 6.58 Å². The van der Waals surface area contributed by atoms with Gasteiger partial charge in [-0.2, -0.15) is 4.31 Å². The van der Waals surface area contributed by atoms with E-state index in [1.807, 2.05) is 91.9 Å². The van der Waals surface area contributed by atoms with Gasteiger partial charge < -0.3 is 4.43 Å². The Morgan fingerprint density at radius 1 is 0.829 bits per heavy atom. The molecule has 0 amide bonds. The van der Waals surface area contributed by atoms with Crippen LogP contribution in [0.25, 0.3) is 0 Å². The van der Waals surface area contributed by atoms with Crippen molar-refractivity contribution in [3.05, 3.63) is 139 Å². The molecule has 2 atom stereocenters. The Morgan fingerprint density at radius 3 is 1.78 bits per heavy atom. The van der Waals surface area contributed by atoms with Crippen molar-refractivity contribution in [1.29, 1.82) is 0 Å². The van der Waals surface area contributed by atoms with Crippen LogP contribution >= 0.6 is 0 Å². The maximum atomic E-state index is 14.6. The number of hydrogen-bond donors (Lipinski definition) is 0. The molecule has 0 spiro atoms. The van der Waals surface area contributed by atoms with Gasteiger partial charge in [-0.1, -0.05) is 136 Å². The molecule has 41 heavy (non-hydrogen) atoms. The minimum atomic E-state index is -3.95. The van der Waals surface area contributed by atoms with Crippen molar-refractivity contribution in [2.45, 2.75) is 49.8 Å². The van der Waals surface area contributed by atoms with E-state index in [2.05, 4.69) is 51.6 Å². The van der Waals surface area contributed by atoms with Crippen LogP contribution in [0.4, 0.5) is 0 Å². The number of nitrogens with zero attached hydrogens (tertiary/aromatic N) is 1. The van der Waals surface area contributed by atoms with E-state index in [0.717, 1.165) is 21.5 Å². The third-order valence-electron chi connectivity index (χ3n) is 8.25. The van der Waals surface area contributed by atoms with Crippen LogP contribution in [0.3, 0.4) is 0 Å². The molecule has 4 aromatic rings. The van der Waals surface area contributed by atoms with Gasteiger partial charge in [0, 0.05) is 13.0 Å². The third-order valence-corrected chi connectivity index (χ3v) is 15.2. The van der Waals surface area contributed by atoms with Crippen molar-refractivity contribution in [2.24, 2.45) is 5.92 Å². The number of benzene rings is 4. The van der Waals surface area contributed by atoms with Crippen LogP contribution in [0.2, 0.25) is 5.04 Å². The van der Waals surface area contributed by atoms with Gasteiger partial charge in [0.15, 0.2) is 5.72 Å². The highest BCUT2D eigenvalue weighted by atomic mass is 32.2. The molecule has 0 radical (unpaired) electrons. The second-order valence-electron chi connectivity index (χ2n) is 12.0. The molecular weight excluding hydrogens is 543 g/mol. The number of aryl methyl sites for hydroxylation is 1. The average molecular weight is 582 g/mol. The second-order valence-corrected chi connectivity index (χ2v) is 18.0. The first-order valence-electron chi connectivity index (χ1n) is 14.1. The molecule has 0 N–H and O–H groups in total. The Bertz CT molecular complexity index is 1550. The van der Waals surface area contributed by atoms with Gasteiger partial charge in [0.2, 0.25) is 10.0 Å². The van der Waals surface area contributed by atoms with Gasteiger partial charge in [0.25, 0.3) is 8.32 Å². The van der Waals surface area contributed by atoms with E-state index in [0.29, 0.717) is 6.42 Å². The first kappa shape index (κ1) is 29.2. The highest BCUT2D eigenvalue weighted by Gasteiger charge is 2.61. The van der Waals surface area contributed by atoms with Crippen LogP contribution in [0.1, 0.15) is 38.3 Å². The number of sulfonamides is 1. The molecule has 0 saturated carbocycles. The van der Waals surface area contributed by atoms with Crippen molar-refractivity contribution in [1.82, 2.24) is 4.31 Å². The summed E-state index contributed by atoms with van der Waals surface area (Å²) in [7, 11) is -7.14. The first-order chi connectivity index (χ1) is 19.5. The van der Waals surface area contributed by atoms with Gasteiger partial charge >= 0.3 is 0 Å². The van der Waals surface area contributed by atoms with Gasteiger partial charge in [0.1, 0.15) is 0 Å². The molecule has 1 aliphatic heterocycles. The zero-order chi connectivity index (χ0) is 29.3. The van der Waals surface area contributed by atoms with E-state index in [1.165, 1.54) is 0 Å². The molecule has 1 fully saturated rings. The van der Waals surface area contributed by atoms with E-state index < -0.39 is 24.1 Å². The van der Waals surface area contributed by atoms with E-state index in [4.69, 9.17) is 4.43 Å². The predicted octanol–water partition coefficient (Wildman–Crippen LogP) is 6.62. The summed E-state index contributed by atoms with van der Waals surface area (Å²) in [5, 5.41) is 1.86. The highest BCUT2D eigenvalue weighted by Crippen LogP contribution is 2.51. The molecule has 5 rings (SSSR count). The van der Waals surface area contributed by atoms with E-state index in [9.17, 15) is 8.42 Å². The Labute approximate surface area is 246 Å². The van der Waals surface area contributed by atoms with Gasteiger partial charge in [-0.3, -0.25) is 0 Å². The van der Waals surface area contributed by atoms with Crippen LogP contribution in [0.5, 0.6) is 0 Å². The lowest BCUT2D eigenvalue weighted by Gasteiger charge is -2.50.